The van der Waals surface area contributed by atoms with Crippen molar-refractivity contribution in [2.75, 3.05) is 0 Å². The van der Waals surface area contributed by atoms with Crippen LogP contribution >= 0.6 is 11.8 Å². The molecule has 5 rings (SSSR count). The quantitative estimate of drug-likeness (QED) is 0.353. The van der Waals surface area contributed by atoms with E-state index in [0.29, 0.717) is 45.6 Å². The normalized spacial score (nSPS) is 11.2. The third-order valence-corrected chi connectivity index (χ3v) is 6.31. The average Bonchev–Trinajstić information content (AvgIpc) is 3.25. The zero-order chi connectivity index (χ0) is 22.6. The lowest BCUT2D eigenvalue weighted by Crippen LogP contribution is -2.11. The second kappa shape index (κ2) is 9.30. The minimum atomic E-state index is -0.156. The molecule has 0 saturated heterocycles. The predicted octanol–water partition coefficient (Wildman–Crippen LogP) is 4.42. The van der Waals surface area contributed by atoms with E-state index in [1.54, 1.807) is 18.2 Å². The van der Waals surface area contributed by atoms with Crippen LogP contribution in [-0.4, -0.2) is 29.8 Å². The van der Waals surface area contributed by atoms with Gasteiger partial charge in [-0.15, -0.1) is 10.2 Å². The van der Waals surface area contributed by atoms with Crippen molar-refractivity contribution in [3.05, 3.63) is 101 Å². The molecule has 5 aromatic rings. The first kappa shape index (κ1) is 21.0. The number of hydrogen-bond acceptors (Lipinski definition) is 6. The van der Waals surface area contributed by atoms with Crippen LogP contribution in [0.1, 0.15) is 11.4 Å². The highest BCUT2D eigenvalue weighted by molar-refractivity contribution is 7.98. The molecule has 7 nitrogen and oxygen atoms in total. The van der Waals surface area contributed by atoms with Gasteiger partial charge in [0.05, 0.1) is 22.2 Å². The molecule has 0 radical (unpaired) electrons. The lowest BCUT2D eigenvalue weighted by atomic mass is 10.1. The maximum absolute atomic E-state index is 12.4. The van der Waals surface area contributed by atoms with Gasteiger partial charge in [-0.1, -0.05) is 66.4 Å². The first-order chi connectivity index (χ1) is 16.2. The number of aromatic amines is 1. The molecule has 0 fully saturated rings. The molecular weight excluding hydrogens is 434 g/mol. The number of aromatic nitrogens is 5. The molecule has 2 aromatic heterocycles. The molecule has 0 aliphatic rings. The zero-order valence-corrected chi connectivity index (χ0v) is 18.5. The molecule has 0 atom stereocenters. The highest BCUT2D eigenvalue weighted by Crippen LogP contribution is 2.31. The van der Waals surface area contributed by atoms with Crippen molar-refractivity contribution in [3.8, 4) is 17.1 Å². The number of phenols is 1. The minimum absolute atomic E-state index is 0.155. The third kappa shape index (κ3) is 4.51. The maximum Gasteiger partial charge on any atom is 0.258 e. The molecule has 33 heavy (non-hydrogen) atoms. The monoisotopic (exact) mass is 455 g/mol. The van der Waals surface area contributed by atoms with E-state index in [0.717, 1.165) is 6.42 Å². The van der Waals surface area contributed by atoms with Crippen LogP contribution < -0.4 is 5.56 Å². The lowest BCUT2D eigenvalue weighted by Gasteiger charge is -2.11. The van der Waals surface area contributed by atoms with Crippen LogP contribution in [0.25, 0.3) is 22.3 Å². The maximum atomic E-state index is 12.4. The van der Waals surface area contributed by atoms with Gasteiger partial charge >= 0.3 is 0 Å². The Labute approximate surface area is 194 Å². The molecule has 0 unspecified atom stereocenters. The Bertz CT molecular complexity index is 1460. The Morgan fingerprint density at radius 3 is 2.52 bits per heavy atom. The van der Waals surface area contributed by atoms with Gasteiger partial charge in [0.2, 0.25) is 0 Å². The number of nitrogens with one attached hydrogen (secondary N) is 1. The molecule has 8 heteroatoms. The van der Waals surface area contributed by atoms with E-state index in [4.69, 9.17) is 0 Å². The Hall–Kier alpha value is -3.91. The number of benzene rings is 3. The number of nitrogens with zero attached hydrogens (tertiary/aromatic N) is 4. The third-order valence-electron chi connectivity index (χ3n) is 5.33. The first-order valence-electron chi connectivity index (χ1n) is 10.6. The number of H-pyrrole nitrogens is 1. The molecule has 0 bridgehead atoms. The summed E-state index contributed by atoms with van der Waals surface area (Å²) < 4.78 is 2.01. The van der Waals surface area contributed by atoms with Gasteiger partial charge in [-0.25, -0.2) is 4.98 Å². The average molecular weight is 456 g/mol. The molecule has 0 amide bonds. The van der Waals surface area contributed by atoms with Crippen LogP contribution in [0, 0.1) is 0 Å². The fraction of sp³-hybridized carbons (Fsp3) is 0.120. The Morgan fingerprint density at radius 1 is 0.909 bits per heavy atom. The van der Waals surface area contributed by atoms with Crippen molar-refractivity contribution in [2.45, 2.75) is 23.9 Å². The second-order valence-electron chi connectivity index (χ2n) is 7.53. The molecular formula is C25H21N5O2S. The van der Waals surface area contributed by atoms with Gasteiger partial charge in [0.15, 0.2) is 11.0 Å². The molecule has 0 saturated carbocycles. The number of fused-ring (bicyclic) bond motifs is 1. The Morgan fingerprint density at radius 2 is 1.67 bits per heavy atom. The molecule has 0 aliphatic carbocycles. The molecule has 0 aliphatic heterocycles. The number of aromatic hydroxyl groups is 1. The van der Waals surface area contributed by atoms with Crippen LogP contribution in [0.2, 0.25) is 0 Å². The highest BCUT2D eigenvalue weighted by Gasteiger charge is 2.17. The van der Waals surface area contributed by atoms with Gasteiger partial charge in [0.25, 0.3) is 5.56 Å². The van der Waals surface area contributed by atoms with E-state index >= 15 is 0 Å². The van der Waals surface area contributed by atoms with Crippen molar-refractivity contribution in [1.29, 1.82) is 0 Å². The summed E-state index contributed by atoms with van der Waals surface area (Å²) >= 11 is 1.45. The number of rotatable bonds is 7. The van der Waals surface area contributed by atoms with E-state index in [9.17, 15) is 9.90 Å². The molecule has 2 heterocycles. The van der Waals surface area contributed by atoms with Gasteiger partial charge in [-0.2, -0.15) is 0 Å². The highest BCUT2D eigenvalue weighted by atomic mass is 32.2. The number of aryl methyl sites for hydroxylation is 1. The standard InChI is InChI=1S/C25H21N5O2S/c31-21-13-7-5-11-19(21)23-28-29-25(30(23)15-14-17-8-2-1-3-9-17)33-16-22-26-20-12-6-4-10-18(20)24(32)27-22/h1-13,31H,14-16H2,(H,26,27,32). The zero-order valence-electron chi connectivity index (χ0n) is 17.7. The van der Waals surface area contributed by atoms with Crippen molar-refractivity contribution in [3.63, 3.8) is 0 Å². The van der Waals surface area contributed by atoms with E-state index < -0.39 is 0 Å². The summed E-state index contributed by atoms with van der Waals surface area (Å²) in [5, 5.41) is 20.4. The molecule has 3 aromatic carbocycles. The van der Waals surface area contributed by atoms with E-state index in [1.165, 1.54) is 17.3 Å². The van der Waals surface area contributed by atoms with Gasteiger partial charge in [0.1, 0.15) is 11.6 Å². The number of thioether (sulfide) groups is 1. The fourth-order valence-corrected chi connectivity index (χ4v) is 4.52. The van der Waals surface area contributed by atoms with Crippen LogP contribution in [0.4, 0.5) is 0 Å². The largest absolute Gasteiger partial charge is 0.507 e. The van der Waals surface area contributed by atoms with Crippen molar-refractivity contribution in [1.82, 2.24) is 24.7 Å². The Kier molecular flexibility index (Phi) is 5.91. The van der Waals surface area contributed by atoms with Crippen LogP contribution in [0.3, 0.4) is 0 Å². The number of para-hydroxylation sites is 2. The van der Waals surface area contributed by atoms with Crippen molar-refractivity contribution < 1.29 is 5.11 Å². The van der Waals surface area contributed by atoms with Gasteiger partial charge < -0.3 is 14.7 Å². The summed E-state index contributed by atoms with van der Waals surface area (Å²) in [6.45, 7) is 0.644. The van der Waals surface area contributed by atoms with Gasteiger partial charge in [0, 0.05) is 6.54 Å². The smallest absolute Gasteiger partial charge is 0.258 e. The molecule has 0 spiro atoms. The predicted molar refractivity (Wildman–Crippen MR) is 129 cm³/mol. The van der Waals surface area contributed by atoms with Crippen LogP contribution in [0.5, 0.6) is 5.75 Å². The van der Waals surface area contributed by atoms with E-state index in [-0.39, 0.29) is 11.3 Å². The summed E-state index contributed by atoms with van der Waals surface area (Å²) in [5.41, 5.74) is 2.34. The summed E-state index contributed by atoms with van der Waals surface area (Å²) in [7, 11) is 0. The van der Waals surface area contributed by atoms with Gasteiger partial charge in [-0.05, 0) is 36.2 Å². The number of phenolic OH excluding ortho intramolecular Hbond substituents is 1. The van der Waals surface area contributed by atoms with E-state index in [2.05, 4.69) is 32.3 Å². The molecule has 2 N–H and O–H groups in total. The lowest BCUT2D eigenvalue weighted by molar-refractivity contribution is 0.476. The van der Waals surface area contributed by atoms with Gasteiger partial charge in [-0.3, -0.25) is 4.79 Å². The van der Waals surface area contributed by atoms with Crippen LogP contribution in [-0.2, 0) is 18.7 Å². The van der Waals surface area contributed by atoms with E-state index in [1.807, 2.05) is 53.1 Å². The molecule has 164 valence electrons. The van der Waals surface area contributed by atoms with Crippen molar-refractivity contribution >= 4 is 22.7 Å². The second-order valence-corrected chi connectivity index (χ2v) is 8.47. The van der Waals surface area contributed by atoms with Crippen molar-refractivity contribution in [2.24, 2.45) is 0 Å². The first-order valence-corrected chi connectivity index (χ1v) is 11.5. The number of hydrogen-bond donors (Lipinski definition) is 2. The fourth-order valence-electron chi connectivity index (χ4n) is 3.68. The topological polar surface area (TPSA) is 96.7 Å². The summed E-state index contributed by atoms with van der Waals surface area (Å²) in [6.07, 6.45) is 0.790. The SMILES string of the molecule is O=c1[nH]c(CSc2nnc(-c3ccccc3O)n2CCc2ccccc2)nc2ccccc12. The Balaban J connectivity index is 1.45. The summed E-state index contributed by atoms with van der Waals surface area (Å²) in [4.78, 5) is 19.8. The summed E-state index contributed by atoms with van der Waals surface area (Å²) in [6, 6.07) is 24.6. The van der Waals surface area contributed by atoms with Crippen LogP contribution in [0.15, 0.2) is 88.8 Å². The minimum Gasteiger partial charge on any atom is -0.507 e. The summed E-state index contributed by atoms with van der Waals surface area (Å²) in [5.74, 6) is 1.77.